The lowest BCUT2D eigenvalue weighted by molar-refractivity contribution is 0.580. The zero-order valence-corrected chi connectivity index (χ0v) is 18.5. The first-order valence-corrected chi connectivity index (χ1v) is 11.3. The molecule has 2 aromatic heterocycles. The highest BCUT2D eigenvalue weighted by Gasteiger charge is 2.14. The second-order valence-corrected chi connectivity index (χ2v) is 8.81. The van der Waals surface area contributed by atoms with Crippen LogP contribution in [0.25, 0.3) is 11.0 Å². The molecule has 0 radical (unpaired) electrons. The summed E-state index contributed by atoms with van der Waals surface area (Å²) >= 11 is 12.0. The molecule has 9 heteroatoms. The molecular formula is C23H13Cl2F2N3OS. The highest BCUT2D eigenvalue weighted by Crippen LogP contribution is 2.25. The predicted octanol–water partition coefficient (Wildman–Crippen LogP) is 5.79. The van der Waals surface area contributed by atoms with E-state index in [9.17, 15) is 13.0 Å². The van der Waals surface area contributed by atoms with Crippen LogP contribution in [-0.2, 0) is 10.8 Å². The van der Waals surface area contributed by atoms with Gasteiger partial charge < -0.3 is 5.32 Å². The van der Waals surface area contributed by atoms with E-state index in [-0.39, 0.29) is 16.6 Å². The zero-order valence-electron chi connectivity index (χ0n) is 16.2. The maximum Gasteiger partial charge on any atom is 0.164 e. The van der Waals surface area contributed by atoms with Gasteiger partial charge in [-0.1, -0.05) is 35.0 Å². The number of hydrogen-bond donors (Lipinski definition) is 1. The molecule has 0 spiro atoms. The monoisotopic (exact) mass is 487 g/mol. The Morgan fingerprint density at radius 3 is 2.72 bits per heavy atom. The molecule has 0 bridgehead atoms. The topological polar surface area (TPSA) is 54.9 Å². The Labute approximate surface area is 195 Å². The largest absolute Gasteiger partial charge is 0.371 e. The average Bonchev–Trinajstić information content (AvgIpc) is 2.79. The fourth-order valence-corrected chi connectivity index (χ4v) is 4.44. The molecule has 160 valence electrons. The van der Waals surface area contributed by atoms with E-state index in [1.54, 1.807) is 24.4 Å². The lowest BCUT2D eigenvalue weighted by Crippen LogP contribution is -2.11. The van der Waals surface area contributed by atoms with E-state index in [1.165, 1.54) is 24.4 Å². The van der Waals surface area contributed by atoms with E-state index in [2.05, 4.69) is 27.1 Å². The van der Waals surface area contributed by atoms with Crippen LogP contribution in [0.2, 0.25) is 10.0 Å². The molecule has 4 rings (SSSR count). The molecule has 32 heavy (non-hydrogen) atoms. The van der Waals surface area contributed by atoms with Crippen molar-refractivity contribution >= 4 is 50.7 Å². The molecule has 2 aromatic carbocycles. The van der Waals surface area contributed by atoms with Gasteiger partial charge in [0.1, 0.15) is 5.82 Å². The molecule has 1 N–H and O–H groups in total. The first-order chi connectivity index (χ1) is 15.4. The smallest absolute Gasteiger partial charge is 0.164 e. The Morgan fingerprint density at radius 1 is 1.03 bits per heavy atom. The minimum Gasteiger partial charge on any atom is -0.371 e. The highest BCUT2D eigenvalue weighted by molar-refractivity contribution is 7.85. The second-order valence-electron chi connectivity index (χ2n) is 6.55. The van der Waals surface area contributed by atoms with Crippen LogP contribution in [0.15, 0.2) is 65.8 Å². The van der Waals surface area contributed by atoms with Gasteiger partial charge in [-0.15, -0.1) is 0 Å². The lowest BCUT2D eigenvalue weighted by atomic mass is 10.1. The molecule has 0 aliphatic carbocycles. The van der Waals surface area contributed by atoms with Crippen molar-refractivity contribution < 1.29 is 13.0 Å². The maximum atomic E-state index is 14.9. The van der Waals surface area contributed by atoms with Crippen LogP contribution in [0.1, 0.15) is 11.1 Å². The summed E-state index contributed by atoms with van der Waals surface area (Å²) in [5, 5.41) is 4.13. The van der Waals surface area contributed by atoms with Crippen LogP contribution in [0, 0.1) is 23.5 Å². The van der Waals surface area contributed by atoms with Crippen LogP contribution in [0.5, 0.6) is 0 Å². The number of anilines is 1. The van der Waals surface area contributed by atoms with Crippen molar-refractivity contribution in [3.05, 3.63) is 93.7 Å². The molecule has 4 nitrogen and oxygen atoms in total. The maximum absolute atomic E-state index is 14.9. The highest BCUT2D eigenvalue weighted by atomic mass is 35.5. The van der Waals surface area contributed by atoms with Crippen LogP contribution in [-0.4, -0.2) is 20.1 Å². The first kappa shape index (κ1) is 22.2. The fourth-order valence-electron chi connectivity index (χ4n) is 2.84. The molecule has 2 heterocycles. The lowest BCUT2D eigenvalue weighted by Gasteiger charge is -2.10. The van der Waals surface area contributed by atoms with Crippen molar-refractivity contribution in [1.82, 2.24) is 9.97 Å². The van der Waals surface area contributed by atoms with Crippen LogP contribution >= 0.6 is 23.2 Å². The van der Waals surface area contributed by atoms with E-state index in [4.69, 9.17) is 23.2 Å². The van der Waals surface area contributed by atoms with Gasteiger partial charge in [0, 0.05) is 28.4 Å². The number of benzene rings is 2. The van der Waals surface area contributed by atoms with E-state index in [0.717, 1.165) is 11.5 Å². The number of halogens is 4. The molecule has 0 aliphatic rings. The Kier molecular flexibility index (Phi) is 6.66. The molecular weight excluding hydrogens is 475 g/mol. The summed E-state index contributed by atoms with van der Waals surface area (Å²) in [7, 11) is -1.61. The van der Waals surface area contributed by atoms with Crippen molar-refractivity contribution in [3.63, 3.8) is 0 Å². The Bertz CT molecular complexity index is 1420. The average molecular weight is 488 g/mol. The summed E-state index contributed by atoms with van der Waals surface area (Å²) in [5.74, 6) is 3.40. The van der Waals surface area contributed by atoms with Gasteiger partial charge in [-0.25, -0.2) is 18.7 Å². The molecule has 1 atom stereocenters. The number of fused-ring (bicyclic) bond motifs is 1. The molecule has 0 aliphatic heterocycles. The van der Waals surface area contributed by atoms with E-state index >= 15 is 0 Å². The van der Waals surface area contributed by atoms with Crippen LogP contribution in [0.3, 0.4) is 0 Å². The van der Waals surface area contributed by atoms with Gasteiger partial charge >= 0.3 is 0 Å². The number of nitrogens with zero attached hydrogens (tertiary/aromatic N) is 2. The number of hydrogen-bond acceptors (Lipinski definition) is 4. The third kappa shape index (κ3) is 4.89. The SMILES string of the molecule is O=S(CNc1ccc(F)c(C#Cc2cnc3ncccc3c2)c1F)c1cc(Cl)ccc1Cl. The standard InChI is InChI=1S/C23H13Cl2F2N3OS/c24-16-4-6-18(25)21(11-16)32(31)13-30-20-8-7-19(26)17(22(20)27)5-3-14-10-15-2-1-9-28-23(15)29-12-14/h1-2,4,6-12,30H,13H2. The quantitative estimate of drug-likeness (QED) is 0.370. The summed E-state index contributed by atoms with van der Waals surface area (Å²) in [4.78, 5) is 8.61. The van der Waals surface area contributed by atoms with Gasteiger partial charge in [0.2, 0.25) is 0 Å². The summed E-state index contributed by atoms with van der Waals surface area (Å²) < 4.78 is 41.7. The summed E-state index contributed by atoms with van der Waals surface area (Å²) in [6.45, 7) is 0. The van der Waals surface area contributed by atoms with Gasteiger partial charge in [0.05, 0.1) is 37.8 Å². The van der Waals surface area contributed by atoms with E-state index < -0.39 is 28.0 Å². The van der Waals surface area contributed by atoms with Gasteiger partial charge in [-0.2, -0.15) is 0 Å². The van der Waals surface area contributed by atoms with Gasteiger partial charge in [0.25, 0.3) is 0 Å². The zero-order chi connectivity index (χ0) is 22.7. The molecule has 0 saturated carbocycles. The second kappa shape index (κ2) is 9.61. The Morgan fingerprint density at radius 2 is 1.88 bits per heavy atom. The van der Waals surface area contributed by atoms with Gasteiger partial charge in [0.15, 0.2) is 11.5 Å². The summed E-state index contributed by atoms with van der Waals surface area (Å²) in [6, 6.07) is 12.2. The van der Waals surface area contributed by atoms with E-state index in [1.807, 2.05) is 6.07 Å². The van der Waals surface area contributed by atoms with E-state index in [0.29, 0.717) is 21.1 Å². The number of aromatic nitrogens is 2. The first-order valence-electron chi connectivity index (χ1n) is 9.20. The van der Waals surface area contributed by atoms with Gasteiger partial charge in [-0.05, 0) is 48.5 Å². The number of rotatable bonds is 4. The fraction of sp³-hybridized carbons (Fsp3) is 0.0435. The molecule has 0 amide bonds. The minimum absolute atomic E-state index is 0.0389. The van der Waals surface area contributed by atoms with Gasteiger partial charge in [-0.3, -0.25) is 4.21 Å². The van der Waals surface area contributed by atoms with Crippen LogP contribution in [0.4, 0.5) is 14.5 Å². The summed E-state index contributed by atoms with van der Waals surface area (Å²) in [6.07, 6.45) is 3.11. The number of nitrogens with one attached hydrogen (secondary N) is 1. The number of pyridine rings is 2. The minimum atomic E-state index is -1.61. The van der Waals surface area contributed by atoms with Crippen LogP contribution < -0.4 is 5.32 Å². The summed E-state index contributed by atoms with van der Waals surface area (Å²) in [5.41, 5.74) is 0.588. The van der Waals surface area contributed by atoms with Crippen molar-refractivity contribution in [2.24, 2.45) is 0 Å². The Balaban J connectivity index is 1.57. The Hall–Kier alpha value is -3.05. The molecule has 1 unspecified atom stereocenters. The predicted molar refractivity (Wildman–Crippen MR) is 123 cm³/mol. The van der Waals surface area contributed by atoms with Crippen molar-refractivity contribution in [3.8, 4) is 11.8 Å². The van der Waals surface area contributed by atoms with Crippen molar-refractivity contribution in [1.29, 1.82) is 0 Å². The molecule has 0 saturated heterocycles. The van der Waals surface area contributed by atoms with Crippen molar-refractivity contribution in [2.45, 2.75) is 4.90 Å². The molecule has 0 fully saturated rings. The normalized spacial score (nSPS) is 11.6. The molecule has 4 aromatic rings. The third-order valence-corrected chi connectivity index (χ3v) is 6.32. The van der Waals surface area contributed by atoms with Crippen molar-refractivity contribution in [2.75, 3.05) is 11.2 Å². The third-order valence-electron chi connectivity index (χ3n) is 4.41.